The lowest BCUT2D eigenvalue weighted by Gasteiger charge is -2.26. The van der Waals surface area contributed by atoms with Crippen LogP contribution in [0.25, 0.3) is 0 Å². The number of rotatable bonds is 5. The van der Waals surface area contributed by atoms with Crippen molar-refractivity contribution in [2.45, 2.75) is 24.2 Å². The molecule has 1 heterocycles. The maximum atomic E-state index is 13.0. The van der Waals surface area contributed by atoms with Crippen LogP contribution in [0.4, 0.5) is 5.69 Å². The average molecular weight is 402 g/mol. The van der Waals surface area contributed by atoms with Gasteiger partial charge in [0.25, 0.3) is 5.91 Å². The highest BCUT2D eigenvalue weighted by Gasteiger charge is 2.29. The molecule has 0 unspecified atom stereocenters. The number of carbonyl (C=O) groups is 2. The van der Waals surface area contributed by atoms with Gasteiger partial charge in [0, 0.05) is 18.8 Å². The predicted octanol–water partition coefficient (Wildman–Crippen LogP) is 2.90. The number of hydrogen-bond acceptors (Lipinski definition) is 5. The summed E-state index contributed by atoms with van der Waals surface area (Å²) in [4.78, 5) is 24.5. The standard InChI is InChI=1S/C20H22N2O5S/c1-27-20(24)15-8-7-9-16(14-15)21-19(23)17-10-3-4-11-18(17)28(25,26)22-12-5-2-6-13-22/h3-4,7-11,14H,2,5-6,12-13H2,1H3,(H,21,23). The van der Waals surface area contributed by atoms with Gasteiger partial charge in [0.05, 0.1) is 23.1 Å². The van der Waals surface area contributed by atoms with Gasteiger partial charge < -0.3 is 10.1 Å². The van der Waals surface area contributed by atoms with Gasteiger partial charge in [0.1, 0.15) is 0 Å². The minimum atomic E-state index is -3.76. The topological polar surface area (TPSA) is 92.8 Å². The van der Waals surface area contributed by atoms with Crippen LogP contribution in [-0.4, -0.2) is 44.8 Å². The molecule has 0 bridgehead atoms. The second kappa shape index (κ2) is 8.53. The van der Waals surface area contributed by atoms with Crippen molar-refractivity contribution in [2.75, 3.05) is 25.5 Å². The minimum Gasteiger partial charge on any atom is -0.465 e. The number of benzene rings is 2. The molecular weight excluding hydrogens is 380 g/mol. The summed E-state index contributed by atoms with van der Waals surface area (Å²) in [6.45, 7) is 0.916. The highest BCUT2D eigenvalue weighted by Crippen LogP contribution is 2.24. The fourth-order valence-electron chi connectivity index (χ4n) is 3.16. The summed E-state index contributed by atoms with van der Waals surface area (Å²) in [5.41, 5.74) is 0.726. The van der Waals surface area contributed by atoms with Gasteiger partial charge in [-0.3, -0.25) is 4.79 Å². The molecule has 0 aromatic heterocycles. The van der Waals surface area contributed by atoms with Crippen LogP contribution in [0.5, 0.6) is 0 Å². The normalized spacial score (nSPS) is 15.0. The first-order chi connectivity index (χ1) is 13.4. The predicted molar refractivity (Wildman–Crippen MR) is 105 cm³/mol. The molecule has 1 saturated heterocycles. The monoisotopic (exact) mass is 402 g/mol. The second-order valence-corrected chi connectivity index (χ2v) is 8.39. The Morgan fingerprint density at radius 3 is 2.43 bits per heavy atom. The summed E-state index contributed by atoms with van der Waals surface area (Å²) in [6.07, 6.45) is 2.63. The van der Waals surface area contributed by atoms with Crippen LogP contribution in [0.3, 0.4) is 0 Å². The summed E-state index contributed by atoms with van der Waals surface area (Å²) in [6, 6.07) is 12.4. The second-order valence-electron chi connectivity index (χ2n) is 6.49. The molecule has 1 aliphatic rings. The molecular formula is C20H22N2O5S. The van der Waals surface area contributed by atoms with Crippen molar-refractivity contribution in [1.82, 2.24) is 4.31 Å². The minimum absolute atomic E-state index is 0.0153. The number of anilines is 1. The Morgan fingerprint density at radius 1 is 1.00 bits per heavy atom. The number of piperidine rings is 1. The molecule has 0 aliphatic carbocycles. The van der Waals surface area contributed by atoms with Gasteiger partial charge in [-0.15, -0.1) is 0 Å². The van der Waals surface area contributed by atoms with E-state index in [0.717, 1.165) is 19.3 Å². The van der Waals surface area contributed by atoms with Crippen molar-refractivity contribution in [3.8, 4) is 0 Å². The molecule has 148 valence electrons. The first-order valence-corrected chi connectivity index (χ1v) is 10.5. The summed E-state index contributed by atoms with van der Waals surface area (Å²) < 4.78 is 32.2. The third-order valence-electron chi connectivity index (χ3n) is 4.61. The molecule has 1 fully saturated rings. The van der Waals surface area contributed by atoms with E-state index in [9.17, 15) is 18.0 Å². The molecule has 0 saturated carbocycles. The van der Waals surface area contributed by atoms with Crippen LogP contribution in [-0.2, 0) is 14.8 Å². The number of hydrogen-bond donors (Lipinski definition) is 1. The van der Waals surface area contributed by atoms with Gasteiger partial charge in [-0.2, -0.15) is 4.31 Å². The van der Waals surface area contributed by atoms with Gasteiger partial charge in [0.2, 0.25) is 10.0 Å². The largest absolute Gasteiger partial charge is 0.465 e. The quantitative estimate of drug-likeness (QED) is 0.777. The lowest BCUT2D eigenvalue weighted by Crippen LogP contribution is -2.36. The zero-order valence-electron chi connectivity index (χ0n) is 15.6. The van der Waals surface area contributed by atoms with Gasteiger partial charge in [-0.05, 0) is 43.2 Å². The van der Waals surface area contributed by atoms with Crippen molar-refractivity contribution in [2.24, 2.45) is 0 Å². The van der Waals surface area contributed by atoms with E-state index in [1.54, 1.807) is 30.3 Å². The van der Waals surface area contributed by atoms with Crippen LogP contribution < -0.4 is 5.32 Å². The number of nitrogens with zero attached hydrogens (tertiary/aromatic N) is 1. The molecule has 0 spiro atoms. The van der Waals surface area contributed by atoms with E-state index in [-0.39, 0.29) is 16.0 Å². The van der Waals surface area contributed by atoms with Crippen molar-refractivity contribution in [3.63, 3.8) is 0 Å². The average Bonchev–Trinajstić information content (AvgIpc) is 2.74. The molecule has 0 atom stereocenters. The van der Waals surface area contributed by atoms with Crippen molar-refractivity contribution < 1.29 is 22.7 Å². The fourth-order valence-corrected chi connectivity index (χ4v) is 4.87. The van der Waals surface area contributed by atoms with Crippen molar-refractivity contribution in [3.05, 3.63) is 59.7 Å². The Kier molecular flexibility index (Phi) is 6.11. The number of esters is 1. The Bertz CT molecular complexity index is 982. The number of amides is 1. The maximum absolute atomic E-state index is 13.0. The zero-order valence-corrected chi connectivity index (χ0v) is 16.4. The zero-order chi connectivity index (χ0) is 20.1. The first-order valence-electron chi connectivity index (χ1n) is 9.02. The van der Waals surface area contributed by atoms with Gasteiger partial charge in [-0.1, -0.05) is 24.6 Å². The smallest absolute Gasteiger partial charge is 0.337 e. The third kappa shape index (κ3) is 4.23. The number of sulfonamides is 1. The van der Waals surface area contributed by atoms with Gasteiger partial charge in [-0.25, -0.2) is 13.2 Å². The van der Waals surface area contributed by atoms with Gasteiger partial charge >= 0.3 is 5.97 Å². The van der Waals surface area contributed by atoms with E-state index < -0.39 is 21.9 Å². The Morgan fingerprint density at radius 2 is 1.71 bits per heavy atom. The molecule has 1 N–H and O–H groups in total. The van der Waals surface area contributed by atoms with E-state index in [2.05, 4.69) is 10.1 Å². The van der Waals surface area contributed by atoms with E-state index >= 15 is 0 Å². The molecule has 8 heteroatoms. The molecule has 0 radical (unpaired) electrons. The number of carbonyl (C=O) groups excluding carboxylic acids is 2. The van der Waals surface area contributed by atoms with Crippen LogP contribution in [0.15, 0.2) is 53.4 Å². The van der Waals surface area contributed by atoms with Crippen LogP contribution >= 0.6 is 0 Å². The summed E-state index contributed by atoms with van der Waals surface area (Å²) in [5.74, 6) is -1.08. The molecule has 3 rings (SSSR count). The highest BCUT2D eigenvalue weighted by atomic mass is 32.2. The summed E-state index contributed by atoms with van der Waals surface area (Å²) in [7, 11) is -2.48. The number of methoxy groups -OCH3 is 1. The molecule has 2 aromatic rings. The summed E-state index contributed by atoms with van der Waals surface area (Å²) in [5, 5.41) is 2.66. The third-order valence-corrected chi connectivity index (χ3v) is 6.56. The Balaban J connectivity index is 1.88. The summed E-state index contributed by atoms with van der Waals surface area (Å²) >= 11 is 0. The van der Waals surface area contributed by atoms with Crippen molar-refractivity contribution >= 4 is 27.6 Å². The van der Waals surface area contributed by atoms with E-state index in [1.807, 2.05) is 0 Å². The molecule has 1 aliphatic heterocycles. The molecule has 1 amide bonds. The fraction of sp³-hybridized carbons (Fsp3) is 0.300. The maximum Gasteiger partial charge on any atom is 0.337 e. The molecule has 28 heavy (non-hydrogen) atoms. The molecule has 7 nitrogen and oxygen atoms in total. The Labute approximate surface area is 164 Å². The highest BCUT2D eigenvalue weighted by molar-refractivity contribution is 7.89. The van der Waals surface area contributed by atoms with E-state index in [0.29, 0.717) is 18.8 Å². The van der Waals surface area contributed by atoms with Crippen LogP contribution in [0, 0.1) is 0 Å². The number of nitrogens with one attached hydrogen (secondary N) is 1. The van der Waals surface area contributed by atoms with E-state index in [4.69, 9.17) is 0 Å². The molecule has 2 aromatic carbocycles. The number of ether oxygens (including phenoxy) is 1. The lowest BCUT2D eigenvalue weighted by molar-refractivity contribution is 0.0600. The van der Waals surface area contributed by atoms with E-state index in [1.165, 1.54) is 29.6 Å². The Hall–Kier alpha value is -2.71. The SMILES string of the molecule is COC(=O)c1cccc(NC(=O)c2ccccc2S(=O)(=O)N2CCCCC2)c1. The lowest BCUT2D eigenvalue weighted by atomic mass is 10.1. The van der Waals surface area contributed by atoms with Crippen LogP contribution in [0.2, 0.25) is 0 Å². The van der Waals surface area contributed by atoms with Gasteiger partial charge in [0.15, 0.2) is 0 Å². The van der Waals surface area contributed by atoms with Crippen LogP contribution in [0.1, 0.15) is 40.0 Å². The van der Waals surface area contributed by atoms with Crippen molar-refractivity contribution in [1.29, 1.82) is 0 Å². The first kappa shape index (κ1) is 20.0.